The van der Waals surface area contributed by atoms with Crippen LogP contribution in [0.1, 0.15) is 47.0 Å². The highest BCUT2D eigenvalue weighted by Gasteiger charge is 2.36. The Hall–Kier alpha value is -0.810. The maximum Gasteiger partial charge on any atom is 0.225 e. The fourth-order valence-corrected chi connectivity index (χ4v) is 2.73. The van der Waals surface area contributed by atoms with E-state index in [2.05, 4.69) is 24.5 Å². The van der Waals surface area contributed by atoms with E-state index in [4.69, 9.17) is 0 Å². The van der Waals surface area contributed by atoms with E-state index in [-0.39, 0.29) is 42.2 Å². The molecule has 0 saturated carbocycles. The van der Waals surface area contributed by atoms with Gasteiger partial charge in [0.05, 0.1) is 5.92 Å². The molecule has 124 valence electrons. The van der Waals surface area contributed by atoms with E-state index in [1.807, 2.05) is 18.7 Å². The Bertz CT molecular complexity index is 339. The molecule has 0 aromatic heterocycles. The maximum absolute atomic E-state index is 12.1. The van der Waals surface area contributed by atoms with Gasteiger partial charge < -0.3 is 15.5 Å². The van der Waals surface area contributed by atoms with Crippen LogP contribution in [0.4, 0.5) is 0 Å². The Morgan fingerprint density at radius 2 is 2.05 bits per heavy atom. The first kappa shape index (κ1) is 20.2. The molecular weight excluding hydrogens is 290 g/mol. The number of nitrogens with zero attached hydrogens (tertiary/aromatic N) is 1. The minimum Gasteiger partial charge on any atom is -0.354 e. The van der Waals surface area contributed by atoms with Crippen LogP contribution < -0.4 is 10.6 Å². The molecule has 2 unspecified atom stereocenters. The SMILES string of the molecule is CCCC(C)N1CC(C(=O)NC[C@@H](C)NCC)CC1=O.Cl. The molecule has 1 saturated heterocycles. The summed E-state index contributed by atoms with van der Waals surface area (Å²) in [6, 6.07) is 0.502. The third-order valence-electron chi connectivity index (χ3n) is 3.90. The number of amides is 2. The molecule has 2 amide bonds. The minimum absolute atomic E-state index is 0. The van der Waals surface area contributed by atoms with Gasteiger partial charge in [-0.2, -0.15) is 0 Å². The summed E-state index contributed by atoms with van der Waals surface area (Å²) < 4.78 is 0. The number of likely N-dealkylation sites (tertiary alicyclic amines) is 1. The number of carbonyl (C=O) groups is 2. The van der Waals surface area contributed by atoms with Crippen LogP contribution in [0, 0.1) is 5.92 Å². The van der Waals surface area contributed by atoms with E-state index in [9.17, 15) is 9.59 Å². The smallest absolute Gasteiger partial charge is 0.225 e. The number of hydrogen-bond acceptors (Lipinski definition) is 3. The molecule has 21 heavy (non-hydrogen) atoms. The third-order valence-corrected chi connectivity index (χ3v) is 3.90. The van der Waals surface area contributed by atoms with Crippen LogP contribution in [0.5, 0.6) is 0 Å². The lowest BCUT2D eigenvalue weighted by molar-refractivity contribution is -0.130. The lowest BCUT2D eigenvalue weighted by Crippen LogP contribution is -2.42. The molecule has 2 N–H and O–H groups in total. The zero-order valence-electron chi connectivity index (χ0n) is 13.6. The summed E-state index contributed by atoms with van der Waals surface area (Å²) in [4.78, 5) is 26.0. The monoisotopic (exact) mass is 319 g/mol. The van der Waals surface area contributed by atoms with Crippen LogP contribution >= 0.6 is 12.4 Å². The summed E-state index contributed by atoms with van der Waals surface area (Å²) in [7, 11) is 0. The largest absolute Gasteiger partial charge is 0.354 e. The number of carbonyl (C=O) groups excluding carboxylic acids is 2. The molecule has 0 aromatic rings. The predicted molar refractivity (Wildman–Crippen MR) is 87.6 cm³/mol. The maximum atomic E-state index is 12.1. The number of halogens is 1. The predicted octanol–water partition coefficient (Wildman–Crippen LogP) is 1.56. The molecule has 1 aliphatic rings. The van der Waals surface area contributed by atoms with Gasteiger partial charge >= 0.3 is 0 Å². The quantitative estimate of drug-likeness (QED) is 0.714. The van der Waals surface area contributed by atoms with Gasteiger partial charge in [-0.3, -0.25) is 9.59 Å². The van der Waals surface area contributed by atoms with Crippen LogP contribution in [0.2, 0.25) is 0 Å². The van der Waals surface area contributed by atoms with Crippen molar-refractivity contribution in [2.75, 3.05) is 19.6 Å². The van der Waals surface area contributed by atoms with Crippen molar-refractivity contribution in [1.29, 1.82) is 0 Å². The molecule has 0 bridgehead atoms. The van der Waals surface area contributed by atoms with Crippen molar-refractivity contribution in [1.82, 2.24) is 15.5 Å². The van der Waals surface area contributed by atoms with Crippen molar-refractivity contribution in [3.8, 4) is 0 Å². The van der Waals surface area contributed by atoms with E-state index in [1.54, 1.807) is 0 Å². The Morgan fingerprint density at radius 1 is 1.38 bits per heavy atom. The fourth-order valence-electron chi connectivity index (χ4n) is 2.73. The second kappa shape index (κ2) is 10.0. The Labute approximate surface area is 134 Å². The van der Waals surface area contributed by atoms with Gasteiger partial charge in [-0.1, -0.05) is 20.3 Å². The second-order valence-electron chi connectivity index (χ2n) is 5.79. The van der Waals surface area contributed by atoms with Crippen LogP contribution in [0.15, 0.2) is 0 Å². The molecule has 1 rings (SSSR count). The van der Waals surface area contributed by atoms with E-state index in [0.717, 1.165) is 19.4 Å². The van der Waals surface area contributed by atoms with Crippen molar-refractivity contribution in [3.05, 3.63) is 0 Å². The second-order valence-corrected chi connectivity index (χ2v) is 5.79. The highest BCUT2D eigenvalue weighted by Crippen LogP contribution is 2.22. The summed E-state index contributed by atoms with van der Waals surface area (Å²) in [6.45, 7) is 10.3. The van der Waals surface area contributed by atoms with Gasteiger partial charge in [0, 0.05) is 31.6 Å². The zero-order valence-corrected chi connectivity index (χ0v) is 14.5. The van der Waals surface area contributed by atoms with Crippen LogP contribution in [0.25, 0.3) is 0 Å². The lowest BCUT2D eigenvalue weighted by atomic mass is 10.1. The molecule has 6 heteroatoms. The van der Waals surface area contributed by atoms with Gasteiger partial charge in [-0.15, -0.1) is 12.4 Å². The molecule has 0 aromatic carbocycles. The lowest BCUT2D eigenvalue weighted by Gasteiger charge is -2.24. The number of nitrogens with one attached hydrogen (secondary N) is 2. The molecule has 1 aliphatic heterocycles. The highest BCUT2D eigenvalue weighted by atomic mass is 35.5. The topological polar surface area (TPSA) is 61.4 Å². The van der Waals surface area contributed by atoms with Gasteiger partial charge in [0.15, 0.2) is 0 Å². The first-order chi connectivity index (χ1) is 9.49. The first-order valence-electron chi connectivity index (χ1n) is 7.80. The summed E-state index contributed by atoms with van der Waals surface area (Å²) in [5, 5.41) is 6.19. The van der Waals surface area contributed by atoms with Crippen LogP contribution in [-0.2, 0) is 9.59 Å². The number of hydrogen-bond donors (Lipinski definition) is 2. The Balaban J connectivity index is 0.00000400. The molecular formula is C15H30ClN3O2. The molecule has 3 atom stereocenters. The normalized spacial score (nSPS) is 20.9. The summed E-state index contributed by atoms with van der Waals surface area (Å²) in [5.74, 6) is -0.0595. The van der Waals surface area contributed by atoms with Crippen molar-refractivity contribution in [2.45, 2.75) is 59.0 Å². The average Bonchev–Trinajstić information content (AvgIpc) is 2.79. The van der Waals surface area contributed by atoms with Crippen molar-refractivity contribution in [3.63, 3.8) is 0 Å². The van der Waals surface area contributed by atoms with E-state index in [0.29, 0.717) is 19.5 Å². The standard InChI is InChI=1S/C15H29N3O2.ClH/c1-5-7-12(4)18-10-13(8-14(18)19)15(20)17-9-11(3)16-6-2;/h11-13,16H,5-10H2,1-4H3,(H,17,20);1H/t11-,12?,13?;/m1./s1. The van der Waals surface area contributed by atoms with Gasteiger partial charge in [0.25, 0.3) is 0 Å². The van der Waals surface area contributed by atoms with Gasteiger partial charge in [0.2, 0.25) is 11.8 Å². The van der Waals surface area contributed by atoms with E-state index >= 15 is 0 Å². The van der Waals surface area contributed by atoms with Gasteiger partial charge in [0.1, 0.15) is 0 Å². The first-order valence-corrected chi connectivity index (χ1v) is 7.80. The third kappa shape index (κ3) is 6.22. The molecule has 0 spiro atoms. The fraction of sp³-hybridized carbons (Fsp3) is 0.867. The molecule has 1 fully saturated rings. The summed E-state index contributed by atoms with van der Waals surface area (Å²) >= 11 is 0. The van der Waals surface area contributed by atoms with Crippen LogP contribution in [-0.4, -0.2) is 48.4 Å². The van der Waals surface area contributed by atoms with Crippen molar-refractivity contribution < 1.29 is 9.59 Å². The molecule has 5 nitrogen and oxygen atoms in total. The van der Waals surface area contributed by atoms with Crippen molar-refractivity contribution >= 4 is 24.2 Å². The van der Waals surface area contributed by atoms with Gasteiger partial charge in [-0.25, -0.2) is 0 Å². The van der Waals surface area contributed by atoms with Crippen LogP contribution in [0.3, 0.4) is 0 Å². The van der Waals surface area contributed by atoms with Crippen molar-refractivity contribution in [2.24, 2.45) is 5.92 Å². The zero-order chi connectivity index (χ0) is 15.1. The average molecular weight is 320 g/mol. The molecule has 0 aliphatic carbocycles. The Morgan fingerprint density at radius 3 is 2.62 bits per heavy atom. The number of likely N-dealkylation sites (N-methyl/N-ethyl adjacent to an activating group) is 1. The minimum atomic E-state index is -0.185. The summed E-state index contributed by atoms with van der Waals surface area (Å²) in [6.07, 6.45) is 2.41. The Kier molecular flexibility index (Phi) is 9.62. The molecule has 1 heterocycles. The van der Waals surface area contributed by atoms with E-state index < -0.39 is 0 Å². The van der Waals surface area contributed by atoms with E-state index in [1.165, 1.54) is 0 Å². The number of rotatable bonds is 8. The summed E-state index contributed by atoms with van der Waals surface area (Å²) in [5.41, 5.74) is 0. The van der Waals surface area contributed by atoms with Gasteiger partial charge in [-0.05, 0) is 26.8 Å². The molecule has 0 radical (unpaired) electrons. The highest BCUT2D eigenvalue weighted by molar-refractivity contribution is 5.89.